The van der Waals surface area contributed by atoms with Crippen LogP contribution in [0.2, 0.25) is 5.02 Å². The number of rotatable bonds is 6. The Balaban J connectivity index is 2.77. The summed E-state index contributed by atoms with van der Waals surface area (Å²) in [5.74, 6) is 1.69. The zero-order valence-corrected chi connectivity index (χ0v) is 12.2. The predicted octanol–water partition coefficient (Wildman–Crippen LogP) is 3.67. The number of halogens is 3. The summed E-state index contributed by atoms with van der Waals surface area (Å²) in [6, 6.07) is 5.51. The van der Waals surface area contributed by atoms with Crippen LogP contribution in [0.5, 0.6) is 5.75 Å². The average molecular weight is 297 g/mol. The van der Waals surface area contributed by atoms with E-state index in [0.29, 0.717) is 23.3 Å². The van der Waals surface area contributed by atoms with E-state index in [1.807, 2.05) is 19.1 Å². The summed E-state index contributed by atoms with van der Waals surface area (Å²) >= 11 is 17.7. The summed E-state index contributed by atoms with van der Waals surface area (Å²) in [6.45, 7) is 2.59. The Labute approximate surface area is 117 Å². The third-order valence-electron chi connectivity index (χ3n) is 2.54. The fourth-order valence-electron chi connectivity index (χ4n) is 1.32. The van der Waals surface area contributed by atoms with Gasteiger partial charge in [0, 0.05) is 34.4 Å². The van der Waals surface area contributed by atoms with Crippen LogP contribution < -0.4 is 10.1 Å². The standard InChI is InChI=1S/C12H16Cl3NO/c1-12(7-13,8-14)16-6-9-5-10(15)3-4-11(9)17-2/h3-5,16H,6-8H2,1-2H3. The molecular formula is C12H16Cl3NO. The summed E-state index contributed by atoms with van der Waals surface area (Å²) in [5, 5.41) is 3.99. The molecule has 0 unspecified atom stereocenters. The quantitative estimate of drug-likeness (QED) is 0.809. The second kappa shape index (κ2) is 6.69. The van der Waals surface area contributed by atoms with E-state index >= 15 is 0 Å². The third kappa shape index (κ3) is 4.22. The molecule has 1 rings (SSSR count). The Bertz CT molecular complexity index is 367. The first kappa shape index (κ1) is 14.9. The molecule has 0 aliphatic rings. The molecule has 0 bridgehead atoms. The van der Waals surface area contributed by atoms with Crippen LogP contribution in [0.4, 0.5) is 0 Å². The van der Waals surface area contributed by atoms with Crippen molar-refractivity contribution in [3.05, 3.63) is 28.8 Å². The van der Waals surface area contributed by atoms with Gasteiger partial charge in [-0.25, -0.2) is 0 Å². The average Bonchev–Trinajstić information content (AvgIpc) is 2.36. The van der Waals surface area contributed by atoms with Crippen molar-refractivity contribution in [2.45, 2.75) is 19.0 Å². The van der Waals surface area contributed by atoms with Crippen LogP contribution in [0.1, 0.15) is 12.5 Å². The van der Waals surface area contributed by atoms with E-state index in [0.717, 1.165) is 11.3 Å². The van der Waals surface area contributed by atoms with Crippen molar-refractivity contribution >= 4 is 34.8 Å². The van der Waals surface area contributed by atoms with Crippen LogP contribution in [0.15, 0.2) is 18.2 Å². The van der Waals surface area contributed by atoms with Gasteiger partial charge in [-0.3, -0.25) is 0 Å². The van der Waals surface area contributed by atoms with Gasteiger partial charge < -0.3 is 10.1 Å². The van der Waals surface area contributed by atoms with Crippen molar-refractivity contribution in [1.82, 2.24) is 5.32 Å². The number of nitrogens with one attached hydrogen (secondary N) is 1. The minimum absolute atomic E-state index is 0.295. The second-order valence-electron chi connectivity index (χ2n) is 4.14. The van der Waals surface area contributed by atoms with Gasteiger partial charge in [-0.2, -0.15) is 0 Å². The monoisotopic (exact) mass is 295 g/mol. The number of hydrogen-bond acceptors (Lipinski definition) is 2. The van der Waals surface area contributed by atoms with Crippen molar-refractivity contribution in [3.63, 3.8) is 0 Å². The number of ether oxygens (including phenoxy) is 1. The number of hydrogen-bond donors (Lipinski definition) is 1. The Morgan fingerprint density at radius 2 is 1.94 bits per heavy atom. The Morgan fingerprint density at radius 3 is 2.47 bits per heavy atom. The zero-order chi connectivity index (χ0) is 12.9. The van der Waals surface area contributed by atoms with Crippen molar-refractivity contribution in [1.29, 1.82) is 0 Å². The summed E-state index contributed by atoms with van der Waals surface area (Å²) in [4.78, 5) is 0. The highest BCUT2D eigenvalue weighted by molar-refractivity contribution is 6.30. The number of methoxy groups -OCH3 is 1. The van der Waals surface area contributed by atoms with E-state index in [1.165, 1.54) is 0 Å². The molecule has 1 aromatic rings. The van der Waals surface area contributed by atoms with Crippen molar-refractivity contribution in [3.8, 4) is 5.75 Å². The summed E-state index contributed by atoms with van der Waals surface area (Å²) < 4.78 is 5.27. The highest BCUT2D eigenvalue weighted by Gasteiger charge is 2.21. The molecule has 0 aliphatic heterocycles. The molecule has 0 saturated carbocycles. The van der Waals surface area contributed by atoms with Crippen LogP contribution in [-0.4, -0.2) is 24.4 Å². The van der Waals surface area contributed by atoms with Gasteiger partial charge in [0.15, 0.2) is 0 Å². The lowest BCUT2D eigenvalue weighted by molar-refractivity contribution is 0.395. The highest BCUT2D eigenvalue weighted by atomic mass is 35.5. The van der Waals surface area contributed by atoms with E-state index in [2.05, 4.69) is 5.32 Å². The van der Waals surface area contributed by atoms with E-state index in [4.69, 9.17) is 39.5 Å². The molecule has 0 radical (unpaired) electrons. The van der Waals surface area contributed by atoms with E-state index in [-0.39, 0.29) is 5.54 Å². The molecule has 1 N–H and O–H groups in total. The molecule has 0 spiro atoms. The van der Waals surface area contributed by atoms with Crippen LogP contribution in [0, 0.1) is 0 Å². The first-order valence-electron chi connectivity index (χ1n) is 5.24. The summed E-state index contributed by atoms with van der Waals surface area (Å²) in [5.41, 5.74) is 0.692. The Kier molecular flexibility index (Phi) is 5.87. The molecule has 2 nitrogen and oxygen atoms in total. The zero-order valence-electron chi connectivity index (χ0n) is 9.90. The molecule has 17 heavy (non-hydrogen) atoms. The molecule has 5 heteroatoms. The molecular weight excluding hydrogens is 280 g/mol. The van der Waals surface area contributed by atoms with Gasteiger partial charge >= 0.3 is 0 Å². The Hall–Kier alpha value is -0.150. The van der Waals surface area contributed by atoms with Gasteiger partial charge in [0.05, 0.1) is 7.11 Å². The normalized spacial score (nSPS) is 11.6. The lowest BCUT2D eigenvalue weighted by atomic mass is 10.1. The topological polar surface area (TPSA) is 21.3 Å². The first-order chi connectivity index (χ1) is 8.04. The number of alkyl halides is 2. The maximum atomic E-state index is 5.96. The van der Waals surface area contributed by atoms with Gasteiger partial charge in [0.2, 0.25) is 0 Å². The minimum atomic E-state index is -0.295. The Morgan fingerprint density at radius 1 is 1.29 bits per heavy atom. The van der Waals surface area contributed by atoms with Gasteiger partial charge in [-0.15, -0.1) is 23.2 Å². The fourth-order valence-corrected chi connectivity index (χ4v) is 1.99. The SMILES string of the molecule is COc1ccc(Cl)cc1CNC(C)(CCl)CCl. The van der Waals surface area contributed by atoms with Crippen LogP contribution in [0.25, 0.3) is 0 Å². The molecule has 1 aromatic carbocycles. The maximum Gasteiger partial charge on any atom is 0.123 e. The van der Waals surface area contributed by atoms with Crippen LogP contribution in [-0.2, 0) is 6.54 Å². The fraction of sp³-hybridized carbons (Fsp3) is 0.500. The molecule has 0 heterocycles. The van der Waals surface area contributed by atoms with E-state index in [9.17, 15) is 0 Å². The van der Waals surface area contributed by atoms with Gasteiger partial charge in [0.25, 0.3) is 0 Å². The molecule has 0 fully saturated rings. The van der Waals surface area contributed by atoms with Crippen molar-refractivity contribution < 1.29 is 4.74 Å². The van der Waals surface area contributed by atoms with Crippen molar-refractivity contribution in [2.24, 2.45) is 0 Å². The third-order valence-corrected chi connectivity index (χ3v) is 3.95. The highest BCUT2D eigenvalue weighted by Crippen LogP contribution is 2.23. The molecule has 0 aromatic heterocycles. The predicted molar refractivity (Wildman–Crippen MR) is 74.7 cm³/mol. The van der Waals surface area contributed by atoms with Crippen LogP contribution >= 0.6 is 34.8 Å². The summed E-state index contributed by atoms with van der Waals surface area (Å²) in [6.07, 6.45) is 0. The molecule has 0 amide bonds. The maximum absolute atomic E-state index is 5.96. The van der Waals surface area contributed by atoms with Crippen molar-refractivity contribution in [2.75, 3.05) is 18.9 Å². The van der Waals surface area contributed by atoms with E-state index in [1.54, 1.807) is 13.2 Å². The number of benzene rings is 1. The van der Waals surface area contributed by atoms with Crippen LogP contribution in [0.3, 0.4) is 0 Å². The summed E-state index contributed by atoms with van der Waals surface area (Å²) in [7, 11) is 1.63. The minimum Gasteiger partial charge on any atom is -0.496 e. The lowest BCUT2D eigenvalue weighted by Crippen LogP contribution is -2.45. The molecule has 0 atom stereocenters. The van der Waals surface area contributed by atoms with Gasteiger partial charge in [-0.05, 0) is 25.1 Å². The molecule has 0 saturated heterocycles. The molecule has 96 valence electrons. The second-order valence-corrected chi connectivity index (χ2v) is 5.11. The smallest absolute Gasteiger partial charge is 0.123 e. The van der Waals surface area contributed by atoms with Gasteiger partial charge in [0.1, 0.15) is 5.75 Å². The largest absolute Gasteiger partial charge is 0.496 e. The first-order valence-corrected chi connectivity index (χ1v) is 6.69. The molecule has 0 aliphatic carbocycles. The van der Waals surface area contributed by atoms with E-state index < -0.39 is 0 Å². The van der Waals surface area contributed by atoms with Gasteiger partial charge in [-0.1, -0.05) is 11.6 Å². The lowest BCUT2D eigenvalue weighted by Gasteiger charge is -2.26.